The van der Waals surface area contributed by atoms with Gasteiger partial charge in [-0.25, -0.2) is 0 Å². The van der Waals surface area contributed by atoms with Gasteiger partial charge in [-0.2, -0.15) is 0 Å². The number of halogens is 3. The van der Waals surface area contributed by atoms with Gasteiger partial charge in [-0.15, -0.1) is 8.78 Å². The Hall–Kier alpha value is -1.68. The Labute approximate surface area is 102 Å². The molecular formula is C12H8ClF2NO. The molecule has 17 heavy (non-hydrogen) atoms. The second-order valence-electron chi connectivity index (χ2n) is 3.31. The van der Waals surface area contributed by atoms with Crippen molar-refractivity contribution in [3.63, 3.8) is 0 Å². The van der Waals surface area contributed by atoms with Crippen LogP contribution in [0.3, 0.4) is 0 Å². The molecule has 0 bridgehead atoms. The summed E-state index contributed by atoms with van der Waals surface area (Å²) in [4.78, 5) is 3.90. The lowest BCUT2D eigenvalue weighted by molar-refractivity contribution is -0.0964. The minimum atomic E-state index is -3.68. The van der Waals surface area contributed by atoms with E-state index in [2.05, 4.69) is 21.3 Å². The Morgan fingerprint density at radius 1 is 0.941 bits per heavy atom. The lowest BCUT2D eigenvalue weighted by Crippen LogP contribution is -2.15. The summed E-state index contributed by atoms with van der Waals surface area (Å²) in [7, 11) is 0. The summed E-state index contributed by atoms with van der Waals surface area (Å²) in [5.74, 6) is 0.0165. The van der Waals surface area contributed by atoms with E-state index in [0.29, 0.717) is 0 Å². The average Bonchev–Trinajstić information content (AvgIpc) is 2.29. The Bertz CT molecular complexity index is 482. The maximum atomic E-state index is 12.4. The fourth-order valence-electron chi connectivity index (χ4n) is 1.39. The van der Waals surface area contributed by atoms with E-state index in [0.717, 1.165) is 11.1 Å². The first-order valence-corrected chi connectivity index (χ1v) is 5.18. The summed E-state index contributed by atoms with van der Waals surface area (Å²) in [5.41, 5.74) is -1.85. The van der Waals surface area contributed by atoms with Gasteiger partial charge < -0.3 is 4.74 Å². The van der Waals surface area contributed by atoms with E-state index < -0.39 is 5.57 Å². The van der Waals surface area contributed by atoms with E-state index in [1.54, 1.807) is 24.5 Å². The molecule has 0 fully saturated rings. The lowest BCUT2D eigenvalue weighted by atomic mass is 10.1. The van der Waals surface area contributed by atoms with Gasteiger partial charge in [0.1, 0.15) is 5.75 Å². The second kappa shape index (κ2) is 4.67. The predicted octanol–water partition coefficient (Wildman–Crippen LogP) is 3.92. The van der Waals surface area contributed by atoms with Crippen LogP contribution in [0.25, 0.3) is 11.1 Å². The highest BCUT2D eigenvalue weighted by atomic mass is 35.5. The zero-order valence-corrected chi connectivity index (χ0v) is 9.36. The van der Waals surface area contributed by atoms with Gasteiger partial charge in [0, 0.05) is 24.0 Å². The zero-order chi connectivity index (χ0) is 12.3. The van der Waals surface area contributed by atoms with Crippen molar-refractivity contribution >= 4 is 11.6 Å². The number of pyridine rings is 1. The normalized spacial score (nSPS) is 11.2. The smallest absolute Gasteiger partial charge is 0.420 e. The molecule has 2 aromatic rings. The molecule has 1 aromatic carbocycles. The van der Waals surface area contributed by atoms with Crippen molar-refractivity contribution in [1.29, 1.82) is 0 Å². The van der Waals surface area contributed by atoms with Crippen LogP contribution in [0.1, 0.15) is 0 Å². The quantitative estimate of drug-likeness (QED) is 0.776. The molecule has 0 N–H and O–H groups in total. The van der Waals surface area contributed by atoms with Gasteiger partial charge in [0.15, 0.2) is 0 Å². The van der Waals surface area contributed by atoms with Crippen molar-refractivity contribution in [3.8, 4) is 16.9 Å². The standard InChI is InChI=1S/C12H8ClF2NO/c13-12(14,15)17-11-3-1-9(2-4-11)10-5-7-16-8-6-10/h1-8H. The summed E-state index contributed by atoms with van der Waals surface area (Å²) in [6.07, 6.45) is 3.32. The van der Waals surface area contributed by atoms with Gasteiger partial charge in [0.2, 0.25) is 0 Å². The van der Waals surface area contributed by atoms with Crippen LogP contribution >= 0.6 is 11.6 Å². The van der Waals surface area contributed by atoms with Crippen LogP contribution in [0.15, 0.2) is 48.8 Å². The fraction of sp³-hybridized carbons (Fsp3) is 0.0833. The summed E-state index contributed by atoms with van der Waals surface area (Å²) < 4.78 is 28.9. The van der Waals surface area contributed by atoms with Crippen LogP contribution in [-0.4, -0.2) is 10.6 Å². The number of aromatic nitrogens is 1. The third-order valence-electron chi connectivity index (χ3n) is 2.10. The highest BCUT2D eigenvalue weighted by molar-refractivity contribution is 6.20. The van der Waals surface area contributed by atoms with Crippen molar-refractivity contribution in [3.05, 3.63) is 48.8 Å². The molecule has 0 saturated heterocycles. The Balaban J connectivity index is 2.19. The largest absolute Gasteiger partial charge is 0.487 e. The summed E-state index contributed by atoms with van der Waals surface area (Å²) in [6.45, 7) is 0. The van der Waals surface area contributed by atoms with Crippen LogP contribution < -0.4 is 4.74 Å². The van der Waals surface area contributed by atoms with Crippen molar-refractivity contribution in [1.82, 2.24) is 4.98 Å². The first kappa shape index (κ1) is 11.8. The Morgan fingerprint density at radius 2 is 1.47 bits per heavy atom. The summed E-state index contributed by atoms with van der Waals surface area (Å²) >= 11 is 4.66. The first-order chi connectivity index (χ1) is 8.04. The highest BCUT2D eigenvalue weighted by Crippen LogP contribution is 2.27. The molecule has 88 valence electrons. The van der Waals surface area contributed by atoms with Crippen molar-refractivity contribution in [2.45, 2.75) is 5.57 Å². The molecule has 0 radical (unpaired) electrons. The molecule has 0 aliphatic carbocycles. The van der Waals surface area contributed by atoms with E-state index in [1.807, 2.05) is 12.1 Å². The second-order valence-corrected chi connectivity index (χ2v) is 3.75. The lowest BCUT2D eigenvalue weighted by Gasteiger charge is -2.10. The van der Waals surface area contributed by atoms with Crippen LogP contribution in [-0.2, 0) is 0 Å². The van der Waals surface area contributed by atoms with Crippen molar-refractivity contribution in [2.75, 3.05) is 0 Å². The molecule has 0 atom stereocenters. The van der Waals surface area contributed by atoms with Gasteiger partial charge in [-0.05, 0) is 35.4 Å². The Morgan fingerprint density at radius 3 is 2.00 bits per heavy atom. The highest BCUT2D eigenvalue weighted by Gasteiger charge is 2.27. The third kappa shape index (κ3) is 3.39. The van der Waals surface area contributed by atoms with E-state index in [1.165, 1.54) is 12.1 Å². The van der Waals surface area contributed by atoms with Crippen molar-refractivity contribution in [2.24, 2.45) is 0 Å². The van der Waals surface area contributed by atoms with Crippen LogP contribution in [0.2, 0.25) is 0 Å². The van der Waals surface area contributed by atoms with E-state index >= 15 is 0 Å². The van der Waals surface area contributed by atoms with Crippen LogP contribution in [0.5, 0.6) is 5.75 Å². The number of nitrogens with zero attached hydrogens (tertiary/aromatic N) is 1. The van der Waals surface area contributed by atoms with Crippen LogP contribution in [0, 0.1) is 0 Å². The Kier molecular flexibility index (Phi) is 3.24. The maximum absolute atomic E-state index is 12.4. The van der Waals surface area contributed by atoms with E-state index in [-0.39, 0.29) is 5.75 Å². The van der Waals surface area contributed by atoms with Gasteiger partial charge in [-0.3, -0.25) is 4.98 Å². The molecule has 1 heterocycles. The zero-order valence-electron chi connectivity index (χ0n) is 8.61. The van der Waals surface area contributed by atoms with Gasteiger partial charge in [0.25, 0.3) is 0 Å². The minimum absolute atomic E-state index is 0.0165. The number of benzene rings is 1. The molecule has 1 aromatic heterocycles. The molecule has 0 amide bonds. The topological polar surface area (TPSA) is 22.1 Å². The van der Waals surface area contributed by atoms with Gasteiger partial charge >= 0.3 is 5.57 Å². The number of hydrogen-bond donors (Lipinski definition) is 0. The number of ether oxygens (including phenoxy) is 1. The minimum Gasteiger partial charge on any atom is -0.420 e. The molecule has 0 aliphatic heterocycles. The molecule has 0 aliphatic rings. The van der Waals surface area contributed by atoms with Crippen LogP contribution in [0.4, 0.5) is 8.78 Å². The molecule has 5 heteroatoms. The SMILES string of the molecule is FC(F)(Cl)Oc1ccc(-c2ccncc2)cc1. The third-order valence-corrected chi connectivity index (χ3v) is 2.18. The maximum Gasteiger partial charge on any atom is 0.487 e. The monoisotopic (exact) mass is 255 g/mol. The summed E-state index contributed by atoms with van der Waals surface area (Å²) in [6, 6.07) is 9.87. The molecule has 0 spiro atoms. The predicted molar refractivity (Wildman–Crippen MR) is 61.1 cm³/mol. The molecular weight excluding hydrogens is 248 g/mol. The first-order valence-electron chi connectivity index (χ1n) is 4.81. The average molecular weight is 256 g/mol. The fourth-order valence-corrected chi connectivity index (χ4v) is 1.48. The molecule has 2 rings (SSSR count). The molecule has 0 unspecified atom stereocenters. The number of rotatable bonds is 3. The van der Waals surface area contributed by atoms with Crippen molar-refractivity contribution < 1.29 is 13.5 Å². The molecule has 2 nitrogen and oxygen atoms in total. The van der Waals surface area contributed by atoms with E-state index in [9.17, 15) is 8.78 Å². The number of alkyl halides is 3. The summed E-state index contributed by atoms with van der Waals surface area (Å²) in [5, 5.41) is 0. The van der Waals surface area contributed by atoms with Gasteiger partial charge in [-0.1, -0.05) is 12.1 Å². The molecule has 0 saturated carbocycles. The number of hydrogen-bond acceptors (Lipinski definition) is 2. The van der Waals surface area contributed by atoms with Gasteiger partial charge in [0.05, 0.1) is 0 Å². The van der Waals surface area contributed by atoms with E-state index in [4.69, 9.17) is 0 Å².